The van der Waals surface area contributed by atoms with Crippen LogP contribution in [0.3, 0.4) is 0 Å². The van der Waals surface area contributed by atoms with Gasteiger partial charge in [0.1, 0.15) is 11.9 Å². The maximum Gasteiger partial charge on any atom is 0.305 e. The van der Waals surface area contributed by atoms with E-state index in [1.807, 2.05) is 12.2 Å². The van der Waals surface area contributed by atoms with E-state index in [-0.39, 0.29) is 5.97 Å². The van der Waals surface area contributed by atoms with Crippen LogP contribution in [0.1, 0.15) is 37.5 Å². The van der Waals surface area contributed by atoms with Gasteiger partial charge < -0.3 is 14.3 Å². The number of aliphatic hydroxyl groups is 1. The minimum atomic E-state index is -0.560. The minimum absolute atomic E-state index is 0.203. The lowest BCUT2D eigenvalue weighted by atomic mass is 10.1. The van der Waals surface area contributed by atoms with Crippen LogP contribution in [0, 0.1) is 0 Å². The number of hydrogen-bond donors (Lipinski definition) is 1. The Hall–Kier alpha value is -1.55. The molecule has 1 heterocycles. The highest BCUT2D eigenvalue weighted by atomic mass is 16.5. The highest BCUT2D eigenvalue weighted by Gasteiger charge is 2.08. The quantitative estimate of drug-likeness (QED) is 0.586. The largest absolute Gasteiger partial charge is 0.469 e. The van der Waals surface area contributed by atoms with Crippen molar-refractivity contribution in [3.05, 3.63) is 36.3 Å². The first kappa shape index (κ1) is 13.5. The lowest BCUT2D eigenvalue weighted by Gasteiger charge is -2.04. The normalized spacial score (nSPS) is 12.8. The van der Waals surface area contributed by atoms with Crippen LogP contribution >= 0.6 is 0 Å². The Kier molecular flexibility index (Phi) is 6.10. The van der Waals surface area contributed by atoms with E-state index in [2.05, 4.69) is 4.74 Å². The van der Waals surface area contributed by atoms with Crippen LogP contribution in [0.5, 0.6) is 0 Å². The summed E-state index contributed by atoms with van der Waals surface area (Å²) in [5.41, 5.74) is 0. The van der Waals surface area contributed by atoms with E-state index in [1.165, 1.54) is 7.11 Å². The van der Waals surface area contributed by atoms with Crippen LogP contribution in [0.25, 0.3) is 0 Å². The lowest BCUT2D eigenvalue weighted by molar-refractivity contribution is -0.140. The molecular weight excluding hydrogens is 220 g/mol. The van der Waals surface area contributed by atoms with Crippen molar-refractivity contribution in [2.75, 3.05) is 7.11 Å². The Labute approximate surface area is 101 Å². The van der Waals surface area contributed by atoms with E-state index >= 15 is 0 Å². The van der Waals surface area contributed by atoms with E-state index in [9.17, 15) is 9.90 Å². The number of carbonyl (C=O) groups is 1. The number of aliphatic hydroxyl groups excluding tert-OH is 1. The van der Waals surface area contributed by atoms with Gasteiger partial charge in [-0.05, 0) is 31.4 Å². The SMILES string of the molecule is COC(=O)CCC=CCCC(O)c1ccco1. The summed E-state index contributed by atoms with van der Waals surface area (Å²) < 4.78 is 9.60. The molecule has 0 spiro atoms. The third kappa shape index (κ3) is 5.36. The topological polar surface area (TPSA) is 59.7 Å². The van der Waals surface area contributed by atoms with Crippen molar-refractivity contribution in [3.63, 3.8) is 0 Å². The molecule has 1 N–H and O–H groups in total. The molecular formula is C13H18O4. The summed E-state index contributed by atoms with van der Waals surface area (Å²) in [7, 11) is 1.38. The van der Waals surface area contributed by atoms with Crippen molar-refractivity contribution in [1.82, 2.24) is 0 Å². The van der Waals surface area contributed by atoms with Crippen LogP contribution in [-0.2, 0) is 9.53 Å². The second-order valence-electron chi connectivity index (χ2n) is 3.69. The number of esters is 1. The van der Waals surface area contributed by atoms with Gasteiger partial charge in [-0.2, -0.15) is 0 Å². The molecule has 1 rings (SSSR count). The smallest absolute Gasteiger partial charge is 0.305 e. The number of methoxy groups -OCH3 is 1. The molecule has 0 radical (unpaired) electrons. The van der Waals surface area contributed by atoms with E-state index in [0.717, 1.165) is 6.42 Å². The van der Waals surface area contributed by atoms with Crippen LogP contribution in [0.15, 0.2) is 35.0 Å². The third-order valence-corrected chi connectivity index (χ3v) is 2.39. The average molecular weight is 238 g/mol. The maximum absolute atomic E-state index is 10.8. The maximum atomic E-state index is 10.8. The van der Waals surface area contributed by atoms with Gasteiger partial charge in [0, 0.05) is 6.42 Å². The predicted molar refractivity (Wildman–Crippen MR) is 63.3 cm³/mol. The molecule has 94 valence electrons. The Bertz CT molecular complexity index is 340. The molecule has 0 bridgehead atoms. The second-order valence-corrected chi connectivity index (χ2v) is 3.69. The fourth-order valence-electron chi connectivity index (χ4n) is 1.42. The molecule has 0 saturated heterocycles. The average Bonchev–Trinajstić information content (AvgIpc) is 2.86. The summed E-state index contributed by atoms with van der Waals surface area (Å²) >= 11 is 0. The zero-order chi connectivity index (χ0) is 12.5. The first-order valence-corrected chi connectivity index (χ1v) is 5.67. The Morgan fingerprint density at radius 1 is 1.53 bits per heavy atom. The third-order valence-electron chi connectivity index (χ3n) is 2.39. The minimum Gasteiger partial charge on any atom is -0.469 e. The monoisotopic (exact) mass is 238 g/mol. The second kappa shape index (κ2) is 7.68. The van der Waals surface area contributed by atoms with Crippen molar-refractivity contribution in [2.45, 2.75) is 31.8 Å². The molecule has 17 heavy (non-hydrogen) atoms. The van der Waals surface area contributed by atoms with Gasteiger partial charge in [-0.15, -0.1) is 0 Å². The number of furan rings is 1. The molecule has 0 saturated carbocycles. The number of carbonyl (C=O) groups excluding carboxylic acids is 1. The number of hydrogen-bond acceptors (Lipinski definition) is 4. The summed E-state index contributed by atoms with van der Waals surface area (Å²) in [5, 5.41) is 9.69. The van der Waals surface area contributed by atoms with Gasteiger partial charge in [0.2, 0.25) is 0 Å². The first-order chi connectivity index (χ1) is 8.24. The van der Waals surface area contributed by atoms with E-state index in [4.69, 9.17) is 4.42 Å². The van der Waals surface area contributed by atoms with Crippen molar-refractivity contribution < 1.29 is 19.1 Å². The molecule has 1 unspecified atom stereocenters. The van der Waals surface area contributed by atoms with Crippen LogP contribution in [-0.4, -0.2) is 18.2 Å². The van der Waals surface area contributed by atoms with E-state index < -0.39 is 6.10 Å². The number of rotatable bonds is 7. The molecule has 1 aromatic heterocycles. The highest BCUT2D eigenvalue weighted by Crippen LogP contribution is 2.18. The molecule has 0 aliphatic carbocycles. The van der Waals surface area contributed by atoms with Gasteiger partial charge in [-0.3, -0.25) is 4.79 Å². The van der Waals surface area contributed by atoms with E-state index in [0.29, 0.717) is 25.0 Å². The Morgan fingerprint density at radius 2 is 2.29 bits per heavy atom. The molecule has 1 atom stereocenters. The predicted octanol–water partition coefficient (Wildman–Crippen LogP) is 2.60. The summed E-state index contributed by atoms with van der Waals surface area (Å²) in [5.74, 6) is 0.387. The van der Waals surface area contributed by atoms with Gasteiger partial charge in [0.05, 0.1) is 13.4 Å². The number of ether oxygens (including phenoxy) is 1. The van der Waals surface area contributed by atoms with Gasteiger partial charge >= 0.3 is 5.97 Å². The fourth-order valence-corrected chi connectivity index (χ4v) is 1.42. The summed E-state index contributed by atoms with van der Waals surface area (Å²) in [6.07, 6.45) is 7.30. The standard InChI is InChI=1S/C13H18O4/c1-16-13(15)9-5-3-2-4-7-11(14)12-8-6-10-17-12/h2-3,6,8,10-11,14H,4-5,7,9H2,1H3. The summed E-state index contributed by atoms with van der Waals surface area (Å²) in [6, 6.07) is 3.51. The molecule has 0 aliphatic heterocycles. The zero-order valence-corrected chi connectivity index (χ0v) is 9.96. The van der Waals surface area contributed by atoms with Crippen molar-refractivity contribution in [2.24, 2.45) is 0 Å². The van der Waals surface area contributed by atoms with Gasteiger partial charge in [-0.25, -0.2) is 0 Å². The molecule has 0 fully saturated rings. The molecule has 0 aliphatic rings. The summed E-state index contributed by atoms with van der Waals surface area (Å²) in [4.78, 5) is 10.8. The highest BCUT2D eigenvalue weighted by molar-refractivity contribution is 5.69. The molecule has 1 aromatic rings. The lowest BCUT2D eigenvalue weighted by Crippen LogP contribution is -1.98. The van der Waals surface area contributed by atoms with Crippen molar-refractivity contribution >= 4 is 5.97 Å². The van der Waals surface area contributed by atoms with Crippen molar-refractivity contribution in [1.29, 1.82) is 0 Å². The van der Waals surface area contributed by atoms with E-state index in [1.54, 1.807) is 18.4 Å². The molecule has 4 heteroatoms. The molecule has 4 nitrogen and oxygen atoms in total. The van der Waals surface area contributed by atoms with Crippen molar-refractivity contribution in [3.8, 4) is 0 Å². The van der Waals surface area contributed by atoms with Crippen LogP contribution in [0.2, 0.25) is 0 Å². The van der Waals surface area contributed by atoms with Gasteiger partial charge in [-0.1, -0.05) is 12.2 Å². The van der Waals surface area contributed by atoms with Crippen LogP contribution < -0.4 is 0 Å². The fraction of sp³-hybridized carbons (Fsp3) is 0.462. The van der Waals surface area contributed by atoms with Gasteiger partial charge in [0.25, 0.3) is 0 Å². The van der Waals surface area contributed by atoms with Gasteiger partial charge in [0.15, 0.2) is 0 Å². The Balaban J connectivity index is 2.11. The number of allylic oxidation sites excluding steroid dienone is 2. The molecule has 0 aromatic carbocycles. The zero-order valence-electron chi connectivity index (χ0n) is 9.96. The first-order valence-electron chi connectivity index (χ1n) is 5.67. The summed E-state index contributed by atoms with van der Waals surface area (Å²) in [6.45, 7) is 0. The molecule has 0 amide bonds. The van der Waals surface area contributed by atoms with Crippen LogP contribution in [0.4, 0.5) is 0 Å². The Morgan fingerprint density at radius 3 is 2.94 bits per heavy atom.